The van der Waals surface area contributed by atoms with Crippen molar-refractivity contribution in [3.05, 3.63) is 81.7 Å². The molecule has 0 N–H and O–H groups in total. The minimum absolute atomic E-state index is 0.338. The number of ether oxygens (including phenoxy) is 1. The molecule has 0 radical (unpaired) electrons. The Labute approximate surface area is 134 Å². The summed E-state index contributed by atoms with van der Waals surface area (Å²) < 4.78 is 11.2. The van der Waals surface area contributed by atoms with Crippen molar-refractivity contribution in [1.82, 2.24) is 0 Å². The van der Waals surface area contributed by atoms with Crippen LogP contribution in [0, 0.1) is 13.8 Å². The summed E-state index contributed by atoms with van der Waals surface area (Å²) in [6, 6.07) is 13.4. The van der Waals surface area contributed by atoms with E-state index in [0.717, 1.165) is 33.4 Å². The van der Waals surface area contributed by atoms with Crippen molar-refractivity contribution in [3.8, 4) is 5.75 Å². The lowest BCUT2D eigenvalue weighted by Gasteiger charge is -2.11. The third-order valence-corrected chi connectivity index (χ3v) is 3.93. The van der Waals surface area contributed by atoms with Crippen LogP contribution in [0.2, 0.25) is 0 Å². The Balaban J connectivity index is 1.89. The molecular weight excluding hydrogens is 288 g/mol. The summed E-state index contributed by atoms with van der Waals surface area (Å²) in [5.41, 5.74) is 4.15. The number of benzene rings is 2. The quantitative estimate of drug-likeness (QED) is 0.660. The van der Waals surface area contributed by atoms with Gasteiger partial charge in [-0.25, -0.2) is 4.79 Å². The summed E-state index contributed by atoms with van der Waals surface area (Å²) in [4.78, 5) is 11.6. The van der Waals surface area contributed by atoms with E-state index < -0.39 is 0 Å². The van der Waals surface area contributed by atoms with Crippen LogP contribution in [0.3, 0.4) is 0 Å². The molecule has 0 aliphatic heterocycles. The maximum absolute atomic E-state index is 11.6. The van der Waals surface area contributed by atoms with Crippen LogP contribution in [0.4, 0.5) is 0 Å². The van der Waals surface area contributed by atoms with Gasteiger partial charge in [-0.15, -0.1) is 0 Å². The highest BCUT2D eigenvalue weighted by Crippen LogP contribution is 2.28. The van der Waals surface area contributed by atoms with Crippen LogP contribution in [-0.4, -0.2) is 0 Å². The number of aryl methyl sites for hydroxylation is 2. The maximum atomic E-state index is 11.6. The largest absolute Gasteiger partial charge is 0.488 e. The van der Waals surface area contributed by atoms with Crippen molar-refractivity contribution in [2.24, 2.45) is 0 Å². The van der Waals surface area contributed by atoms with Gasteiger partial charge in [0.15, 0.2) is 0 Å². The molecule has 0 aliphatic rings. The molecule has 0 fully saturated rings. The highest BCUT2D eigenvalue weighted by atomic mass is 16.5. The molecule has 2 aromatic carbocycles. The molecule has 3 heteroatoms. The summed E-state index contributed by atoms with van der Waals surface area (Å²) in [5, 5.41) is 0.935. The third kappa shape index (κ3) is 3.04. The van der Waals surface area contributed by atoms with Gasteiger partial charge in [0.05, 0.1) is 0 Å². The second-order valence-electron chi connectivity index (χ2n) is 5.55. The summed E-state index contributed by atoms with van der Waals surface area (Å²) >= 11 is 0. The first-order chi connectivity index (χ1) is 11.1. The van der Waals surface area contributed by atoms with E-state index in [1.807, 2.05) is 56.3 Å². The molecule has 0 spiro atoms. The van der Waals surface area contributed by atoms with Crippen LogP contribution in [0.5, 0.6) is 5.75 Å². The fourth-order valence-electron chi connectivity index (χ4n) is 2.57. The molecule has 0 unspecified atom stereocenters. The Morgan fingerprint density at radius 1 is 1.13 bits per heavy atom. The van der Waals surface area contributed by atoms with Gasteiger partial charge in [-0.2, -0.15) is 0 Å². The third-order valence-electron chi connectivity index (χ3n) is 3.93. The molecule has 3 aromatic rings. The maximum Gasteiger partial charge on any atom is 0.336 e. The second kappa shape index (κ2) is 6.13. The molecule has 0 amide bonds. The first-order valence-electron chi connectivity index (χ1n) is 7.47. The van der Waals surface area contributed by atoms with Crippen molar-refractivity contribution in [3.63, 3.8) is 0 Å². The number of hydrogen-bond acceptors (Lipinski definition) is 3. The van der Waals surface area contributed by atoms with Crippen molar-refractivity contribution in [1.29, 1.82) is 0 Å². The lowest BCUT2D eigenvalue weighted by atomic mass is 10.1. The number of hydrogen-bond donors (Lipinski definition) is 0. The van der Waals surface area contributed by atoms with E-state index in [0.29, 0.717) is 12.2 Å². The van der Waals surface area contributed by atoms with Crippen LogP contribution in [0.1, 0.15) is 22.3 Å². The fourth-order valence-corrected chi connectivity index (χ4v) is 2.57. The lowest BCUT2D eigenvalue weighted by molar-refractivity contribution is 0.304. The Bertz CT molecular complexity index is 918. The van der Waals surface area contributed by atoms with Crippen molar-refractivity contribution < 1.29 is 9.15 Å². The smallest absolute Gasteiger partial charge is 0.336 e. The van der Waals surface area contributed by atoms with E-state index in [2.05, 4.69) is 6.58 Å². The molecule has 3 nitrogen and oxygen atoms in total. The van der Waals surface area contributed by atoms with Crippen molar-refractivity contribution in [2.75, 3.05) is 0 Å². The van der Waals surface area contributed by atoms with E-state index in [9.17, 15) is 4.79 Å². The van der Waals surface area contributed by atoms with Gasteiger partial charge in [0, 0.05) is 17.0 Å². The van der Waals surface area contributed by atoms with Crippen molar-refractivity contribution in [2.45, 2.75) is 20.5 Å². The van der Waals surface area contributed by atoms with Crippen LogP contribution < -0.4 is 10.4 Å². The molecule has 0 atom stereocenters. The van der Waals surface area contributed by atoms with Gasteiger partial charge in [-0.3, -0.25) is 0 Å². The van der Waals surface area contributed by atoms with E-state index >= 15 is 0 Å². The van der Waals surface area contributed by atoms with Crippen LogP contribution in [-0.2, 0) is 6.61 Å². The van der Waals surface area contributed by atoms with Gasteiger partial charge in [-0.1, -0.05) is 36.9 Å². The fraction of sp³-hybridized carbons (Fsp3) is 0.150. The molecule has 0 aliphatic carbocycles. The summed E-state index contributed by atoms with van der Waals surface area (Å²) in [6.45, 7) is 8.01. The molecule has 116 valence electrons. The monoisotopic (exact) mass is 306 g/mol. The summed E-state index contributed by atoms with van der Waals surface area (Å²) in [7, 11) is 0. The van der Waals surface area contributed by atoms with E-state index in [1.54, 1.807) is 0 Å². The predicted molar refractivity (Wildman–Crippen MR) is 92.8 cm³/mol. The normalized spacial score (nSPS) is 10.7. The molecule has 23 heavy (non-hydrogen) atoms. The molecule has 0 saturated carbocycles. The topological polar surface area (TPSA) is 39.4 Å². The van der Waals surface area contributed by atoms with Gasteiger partial charge >= 0.3 is 5.63 Å². The average molecular weight is 306 g/mol. The predicted octanol–water partition coefficient (Wildman–Crippen LogP) is 4.63. The van der Waals surface area contributed by atoms with E-state index in [-0.39, 0.29) is 5.63 Å². The van der Waals surface area contributed by atoms with Gasteiger partial charge in [0.1, 0.15) is 17.9 Å². The zero-order valence-corrected chi connectivity index (χ0v) is 13.3. The van der Waals surface area contributed by atoms with Crippen LogP contribution >= 0.6 is 0 Å². The van der Waals surface area contributed by atoms with Gasteiger partial charge in [0.2, 0.25) is 0 Å². The highest BCUT2D eigenvalue weighted by Gasteiger charge is 2.10. The average Bonchev–Trinajstić information content (AvgIpc) is 2.55. The molecule has 1 heterocycles. The van der Waals surface area contributed by atoms with Crippen molar-refractivity contribution >= 4 is 17.0 Å². The molecule has 1 aromatic heterocycles. The van der Waals surface area contributed by atoms with Gasteiger partial charge in [0.25, 0.3) is 0 Å². The zero-order valence-electron chi connectivity index (χ0n) is 13.3. The standard InChI is InChI=1S/C20H18O3/c1-4-15-5-7-16(8-6-15)12-22-18-10-9-17-13(2)11-19(21)23-20(17)14(18)3/h4-11H,1,12H2,2-3H3. The minimum atomic E-state index is -0.338. The second-order valence-corrected chi connectivity index (χ2v) is 5.55. The van der Waals surface area contributed by atoms with Crippen LogP contribution in [0.25, 0.3) is 17.0 Å². The Morgan fingerprint density at radius 2 is 1.87 bits per heavy atom. The van der Waals surface area contributed by atoms with Gasteiger partial charge in [-0.05, 0) is 42.7 Å². The Kier molecular flexibility index (Phi) is 4.02. The zero-order chi connectivity index (χ0) is 16.4. The van der Waals surface area contributed by atoms with Gasteiger partial charge < -0.3 is 9.15 Å². The summed E-state index contributed by atoms with van der Waals surface area (Å²) in [5.74, 6) is 0.721. The first-order valence-corrected chi connectivity index (χ1v) is 7.47. The molecular formula is C20H18O3. The van der Waals surface area contributed by atoms with Crippen LogP contribution in [0.15, 0.2) is 58.3 Å². The number of fused-ring (bicyclic) bond motifs is 1. The molecule has 0 saturated heterocycles. The van der Waals surface area contributed by atoms with E-state index in [4.69, 9.17) is 9.15 Å². The first kappa shape index (κ1) is 15.1. The molecule has 3 rings (SSSR count). The minimum Gasteiger partial charge on any atom is -0.488 e. The highest BCUT2D eigenvalue weighted by molar-refractivity contribution is 5.84. The Morgan fingerprint density at radius 3 is 2.57 bits per heavy atom. The lowest BCUT2D eigenvalue weighted by Crippen LogP contribution is -2.01. The number of rotatable bonds is 4. The van der Waals surface area contributed by atoms with E-state index in [1.165, 1.54) is 6.07 Å². The Hall–Kier alpha value is -2.81. The SMILES string of the molecule is C=Cc1ccc(COc2ccc3c(C)cc(=O)oc3c2C)cc1. The summed E-state index contributed by atoms with van der Waals surface area (Å²) in [6.07, 6.45) is 1.81. The molecule has 0 bridgehead atoms.